The Morgan fingerprint density at radius 2 is 1.91 bits per heavy atom. The summed E-state index contributed by atoms with van der Waals surface area (Å²) in [4.78, 5) is 12.0. The highest BCUT2D eigenvalue weighted by Crippen LogP contribution is 2.50. The molecule has 1 aliphatic carbocycles. The second-order valence-corrected chi connectivity index (χ2v) is 10.3. The summed E-state index contributed by atoms with van der Waals surface area (Å²) in [5, 5.41) is 0.451. The highest BCUT2D eigenvalue weighted by atomic mass is 32.2. The first-order valence-corrected chi connectivity index (χ1v) is 12.2. The van der Waals surface area contributed by atoms with Crippen LogP contribution in [0.25, 0.3) is 11.0 Å². The summed E-state index contributed by atoms with van der Waals surface area (Å²) in [5.74, 6) is 0.519. The molecule has 3 aromatic rings. The van der Waals surface area contributed by atoms with Crippen LogP contribution >= 0.6 is 0 Å². The van der Waals surface area contributed by atoms with Crippen LogP contribution in [0.1, 0.15) is 24.1 Å². The fraction of sp³-hybridized carbons (Fsp3) is 0.478. The summed E-state index contributed by atoms with van der Waals surface area (Å²) in [6.45, 7) is 4.06. The van der Waals surface area contributed by atoms with E-state index in [-0.39, 0.29) is 11.2 Å². The van der Waals surface area contributed by atoms with E-state index in [1.807, 2.05) is 37.3 Å². The first-order valence-electron chi connectivity index (χ1n) is 10.9. The van der Waals surface area contributed by atoms with Crippen molar-refractivity contribution in [3.8, 4) is 5.75 Å². The number of nitrogens with zero attached hydrogens (tertiary/aromatic N) is 2. The molecule has 4 fully saturated rings. The van der Waals surface area contributed by atoms with Crippen LogP contribution in [0.3, 0.4) is 0 Å². The van der Waals surface area contributed by atoms with E-state index in [9.17, 15) is 4.21 Å². The van der Waals surface area contributed by atoms with Gasteiger partial charge in [0, 0.05) is 17.7 Å². The molecule has 9 heteroatoms. The highest BCUT2D eigenvalue weighted by molar-refractivity contribution is 7.84. The molecule has 4 aliphatic rings. The van der Waals surface area contributed by atoms with Gasteiger partial charge in [-0.05, 0) is 38.0 Å². The van der Waals surface area contributed by atoms with Crippen LogP contribution in [0.4, 0.5) is 0 Å². The summed E-state index contributed by atoms with van der Waals surface area (Å²) in [6.07, 6.45) is 3.88. The number of hydrogen-bond acceptors (Lipinski definition) is 7. The molecule has 3 aliphatic heterocycles. The van der Waals surface area contributed by atoms with E-state index < -0.39 is 16.8 Å². The molecule has 1 unspecified atom stereocenters. The third-order valence-electron chi connectivity index (χ3n) is 6.46. The van der Waals surface area contributed by atoms with E-state index in [0.29, 0.717) is 37.5 Å². The first-order chi connectivity index (χ1) is 15.6. The van der Waals surface area contributed by atoms with Gasteiger partial charge in [-0.3, -0.25) is 9.19 Å². The topological polar surface area (TPSA) is 95.6 Å². The van der Waals surface area contributed by atoms with Gasteiger partial charge in [0.2, 0.25) is 0 Å². The normalized spacial score (nSPS) is 28.2. The molecular formula is C23H25N3O5S. The van der Waals surface area contributed by atoms with Gasteiger partial charge in [-0.1, -0.05) is 12.1 Å². The van der Waals surface area contributed by atoms with Crippen molar-refractivity contribution in [3.05, 3.63) is 47.8 Å². The Bertz CT molecular complexity index is 1130. The minimum absolute atomic E-state index is 0.257. The Hall–Kier alpha value is -2.33. The molecule has 1 N–H and O–H groups in total. The average Bonchev–Trinajstić information content (AvgIpc) is 3.60. The number of ether oxygens (including phenoxy) is 4. The van der Waals surface area contributed by atoms with E-state index in [0.717, 1.165) is 40.9 Å². The van der Waals surface area contributed by atoms with E-state index in [4.69, 9.17) is 18.9 Å². The molecule has 5 heterocycles. The summed E-state index contributed by atoms with van der Waals surface area (Å²) in [7, 11) is -1.35. The van der Waals surface area contributed by atoms with Gasteiger partial charge in [-0.2, -0.15) is 0 Å². The fourth-order valence-corrected chi connectivity index (χ4v) is 5.35. The van der Waals surface area contributed by atoms with E-state index in [1.165, 1.54) is 0 Å². The zero-order chi connectivity index (χ0) is 21.8. The van der Waals surface area contributed by atoms with Crippen LogP contribution in [0.5, 0.6) is 5.75 Å². The lowest BCUT2D eigenvalue weighted by molar-refractivity contribution is -0.477. The van der Waals surface area contributed by atoms with Crippen molar-refractivity contribution in [1.82, 2.24) is 15.0 Å². The maximum Gasteiger partial charge on any atom is 0.285 e. The number of fused-ring (bicyclic) bond motifs is 4. The summed E-state index contributed by atoms with van der Waals surface area (Å²) >= 11 is 0. The SMILES string of the molecule is Cc1c(OCC23COC(C4CC4)(OC2)OC3)ccnc1CS(=O)c1nc2ccccc2[nH]1. The third-order valence-corrected chi connectivity index (χ3v) is 7.62. The maximum absolute atomic E-state index is 12.9. The van der Waals surface area contributed by atoms with Gasteiger partial charge in [-0.15, -0.1) is 0 Å². The molecule has 32 heavy (non-hydrogen) atoms. The molecule has 7 rings (SSSR count). The number of nitrogens with one attached hydrogen (secondary N) is 1. The van der Waals surface area contributed by atoms with Crippen molar-refractivity contribution in [2.24, 2.45) is 11.3 Å². The second-order valence-electron chi connectivity index (χ2n) is 8.96. The lowest BCUT2D eigenvalue weighted by Crippen LogP contribution is -2.62. The van der Waals surface area contributed by atoms with E-state index >= 15 is 0 Å². The molecule has 1 aromatic carbocycles. The molecule has 2 aromatic heterocycles. The molecule has 0 radical (unpaired) electrons. The number of aromatic nitrogens is 3. The average molecular weight is 456 g/mol. The summed E-state index contributed by atoms with van der Waals surface area (Å²) in [6, 6.07) is 9.48. The lowest BCUT2D eigenvalue weighted by atomic mass is 9.89. The third kappa shape index (κ3) is 3.53. The number of aromatic amines is 1. The molecule has 168 valence electrons. The number of pyridine rings is 1. The Morgan fingerprint density at radius 3 is 2.62 bits per heavy atom. The Kier molecular flexibility index (Phi) is 4.83. The van der Waals surface area contributed by atoms with Crippen LogP contribution in [0.15, 0.2) is 41.7 Å². The minimum Gasteiger partial charge on any atom is -0.492 e. The molecule has 2 bridgehead atoms. The van der Waals surface area contributed by atoms with Crippen LogP contribution in [0.2, 0.25) is 0 Å². The van der Waals surface area contributed by atoms with Gasteiger partial charge < -0.3 is 23.9 Å². The molecule has 3 saturated heterocycles. The quantitative estimate of drug-likeness (QED) is 0.585. The van der Waals surface area contributed by atoms with Crippen molar-refractivity contribution < 1.29 is 23.2 Å². The zero-order valence-corrected chi connectivity index (χ0v) is 18.7. The zero-order valence-electron chi connectivity index (χ0n) is 17.8. The Balaban J connectivity index is 1.13. The van der Waals surface area contributed by atoms with Crippen LogP contribution in [-0.2, 0) is 30.8 Å². The van der Waals surface area contributed by atoms with Gasteiger partial charge in [0.1, 0.15) is 12.4 Å². The monoisotopic (exact) mass is 455 g/mol. The number of benzene rings is 1. The van der Waals surface area contributed by atoms with Crippen LogP contribution in [-0.4, -0.2) is 51.6 Å². The molecule has 0 spiro atoms. The fourth-order valence-electron chi connectivity index (χ4n) is 4.25. The molecule has 8 nitrogen and oxygen atoms in total. The van der Waals surface area contributed by atoms with Gasteiger partial charge in [0.05, 0.1) is 58.5 Å². The van der Waals surface area contributed by atoms with E-state index in [1.54, 1.807) is 6.20 Å². The standard InChI is InChI=1S/C23H25N3O5S/c1-15-19(10-32(27)21-25-17-4-2-3-5-18(17)26-21)24-9-8-20(15)28-11-22-12-29-23(30-13-22,31-14-22)16-6-7-16/h2-5,8-9,16H,6-7,10-14H2,1H3,(H,25,26). The Labute approximate surface area is 188 Å². The van der Waals surface area contributed by atoms with E-state index in [2.05, 4.69) is 15.0 Å². The summed E-state index contributed by atoms with van der Waals surface area (Å²) < 4.78 is 37.0. The molecule has 0 amide bonds. The van der Waals surface area contributed by atoms with Crippen molar-refractivity contribution in [2.75, 3.05) is 26.4 Å². The number of H-pyrrole nitrogens is 1. The van der Waals surface area contributed by atoms with Gasteiger partial charge in [0.25, 0.3) is 5.97 Å². The first kappa shape index (κ1) is 20.3. The number of hydrogen-bond donors (Lipinski definition) is 1. The molecule has 1 saturated carbocycles. The van der Waals surface area contributed by atoms with Crippen molar-refractivity contribution in [3.63, 3.8) is 0 Å². The lowest BCUT2D eigenvalue weighted by Gasteiger charge is -2.51. The maximum atomic E-state index is 12.9. The highest BCUT2D eigenvalue weighted by Gasteiger charge is 2.59. The summed E-state index contributed by atoms with van der Waals surface area (Å²) in [5.41, 5.74) is 2.95. The van der Waals surface area contributed by atoms with Crippen molar-refractivity contribution in [1.29, 1.82) is 0 Å². The van der Waals surface area contributed by atoms with Crippen molar-refractivity contribution in [2.45, 2.75) is 36.6 Å². The Morgan fingerprint density at radius 1 is 1.16 bits per heavy atom. The smallest absolute Gasteiger partial charge is 0.285 e. The van der Waals surface area contributed by atoms with Crippen LogP contribution in [0, 0.1) is 18.3 Å². The number of para-hydroxylation sites is 2. The van der Waals surface area contributed by atoms with Crippen LogP contribution < -0.4 is 4.74 Å². The predicted octanol–water partition coefficient (Wildman–Crippen LogP) is 3.08. The number of imidazole rings is 1. The largest absolute Gasteiger partial charge is 0.492 e. The predicted molar refractivity (Wildman–Crippen MR) is 116 cm³/mol. The molecule has 1 atom stereocenters. The van der Waals surface area contributed by atoms with Gasteiger partial charge >= 0.3 is 0 Å². The van der Waals surface area contributed by atoms with Crippen molar-refractivity contribution >= 4 is 21.8 Å². The molecular weight excluding hydrogens is 430 g/mol. The second kappa shape index (κ2) is 7.62. The van der Waals surface area contributed by atoms with Gasteiger partial charge in [0.15, 0.2) is 5.16 Å². The van der Waals surface area contributed by atoms with Gasteiger partial charge in [-0.25, -0.2) is 4.98 Å². The minimum atomic E-state index is -1.35. The number of rotatable bonds is 7.